The lowest BCUT2D eigenvalue weighted by atomic mass is 9.99. The van der Waals surface area contributed by atoms with Crippen molar-refractivity contribution in [2.75, 3.05) is 4.90 Å². The maximum atomic E-state index is 9.52. The normalized spacial score (nSPS) is 11.7. The van der Waals surface area contributed by atoms with Crippen LogP contribution in [0.5, 0.6) is 0 Å². The fourth-order valence-electron chi connectivity index (χ4n) is 6.69. The molecule has 9 aromatic rings. The van der Waals surface area contributed by atoms with E-state index < -0.39 is 0 Å². The average Bonchev–Trinajstić information content (AvgIpc) is 3.61. The molecular weight excluding hydrogens is 543 g/mol. The molecule has 43 heavy (non-hydrogen) atoms. The predicted octanol–water partition coefficient (Wildman–Crippen LogP) is 11.1. The van der Waals surface area contributed by atoms with Crippen molar-refractivity contribution < 1.29 is 0 Å². The Morgan fingerprint density at radius 2 is 1.30 bits per heavy atom. The zero-order valence-electron chi connectivity index (χ0n) is 23.0. The minimum atomic E-state index is 0.649. The van der Waals surface area contributed by atoms with Crippen LogP contribution in [0.3, 0.4) is 0 Å². The molecule has 0 radical (unpaired) electrons. The van der Waals surface area contributed by atoms with Crippen molar-refractivity contribution in [3.05, 3.63) is 145 Å². The smallest absolute Gasteiger partial charge is 0.0991 e. The molecule has 0 fully saturated rings. The Bertz CT molecular complexity index is 2510. The van der Waals surface area contributed by atoms with Gasteiger partial charge in [-0.25, -0.2) is 0 Å². The van der Waals surface area contributed by atoms with Gasteiger partial charge in [-0.2, -0.15) is 5.26 Å². The summed E-state index contributed by atoms with van der Waals surface area (Å²) in [6, 6.07) is 51.8. The molecule has 0 spiro atoms. The molecule has 0 aliphatic carbocycles. The van der Waals surface area contributed by atoms with Crippen molar-refractivity contribution in [1.29, 1.82) is 5.26 Å². The molecule has 0 bridgehead atoms. The number of fused-ring (bicyclic) bond motifs is 3. The third-order valence-corrected chi connectivity index (χ3v) is 9.70. The molecule has 0 saturated carbocycles. The number of nitrogens with zero attached hydrogens (tertiary/aromatic N) is 3. The standard InChI is InChI=1S/C39H23N3S/c40-24-25-13-16-28(17-14-25)41(29-18-20-31-30-10-4-5-12-36(30)43-37(31)23-29)33-21-22-35-39-32(33)19-15-26-7-6-11-34(38(26)39)42(35)27-8-2-1-3-9-27/h1-23H. The highest BCUT2D eigenvalue weighted by Gasteiger charge is 2.22. The van der Waals surface area contributed by atoms with E-state index in [4.69, 9.17) is 0 Å². The number of hydrogen-bond donors (Lipinski definition) is 0. The van der Waals surface area contributed by atoms with E-state index in [-0.39, 0.29) is 0 Å². The molecule has 0 atom stereocenters. The minimum Gasteiger partial charge on any atom is -0.310 e. The van der Waals surface area contributed by atoms with Crippen molar-refractivity contribution in [3.8, 4) is 11.8 Å². The Kier molecular flexibility index (Phi) is 5.13. The monoisotopic (exact) mass is 565 g/mol. The number of benzene rings is 7. The number of aromatic nitrogens is 1. The van der Waals surface area contributed by atoms with Crippen LogP contribution in [0.25, 0.3) is 58.4 Å². The summed E-state index contributed by atoms with van der Waals surface area (Å²) in [5.74, 6) is 0. The van der Waals surface area contributed by atoms with Gasteiger partial charge in [-0.3, -0.25) is 0 Å². The van der Waals surface area contributed by atoms with Gasteiger partial charge in [0.25, 0.3) is 0 Å². The third-order valence-electron chi connectivity index (χ3n) is 8.57. The van der Waals surface area contributed by atoms with E-state index in [2.05, 4.69) is 143 Å². The van der Waals surface area contributed by atoms with Gasteiger partial charge in [0, 0.05) is 53.4 Å². The van der Waals surface area contributed by atoms with Crippen LogP contribution in [0.2, 0.25) is 0 Å². The van der Waals surface area contributed by atoms with Crippen LogP contribution in [0, 0.1) is 11.3 Å². The predicted molar refractivity (Wildman–Crippen MR) is 182 cm³/mol. The molecule has 7 aromatic carbocycles. The first-order valence-corrected chi connectivity index (χ1v) is 15.2. The van der Waals surface area contributed by atoms with Gasteiger partial charge in [-0.15, -0.1) is 11.3 Å². The van der Waals surface area contributed by atoms with Gasteiger partial charge in [0.2, 0.25) is 0 Å². The molecule has 200 valence electrons. The minimum absolute atomic E-state index is 0.649. The van der Waals surface area contributed by atoms with Crippen LogP contribution in [-0.4, -0.2) is 4.57 Å². The summed E-state index contributed by atoms with van der Waals surface area (Å²) in [7, 11) is 0. The lowest BCUT2D eigenvalue weighted by Crippen LogP contribution is -2.10. The quantitative estimate of drug-likeness (QED) is 0.199. The summed E-state index contributed by atoms with van der Waals surface area (Å²) in [5.41, 5.74) is 7.41. The fraction of sp³-hybridized carbons (Fsp3) is 0. The van der Waals surface area contributed by atoms with Gasteiger partial charge in [-0.1, -0.05) is 66.7 Å². The van der Waals surface area contributed by atoms with Gasteiger partial charge in [-0.05, 0) is 78.2 Å². The van der Waals surface area contributed by atoms with E-state index in [1.807, 2.05) is 23.5 Å². The Labute approximate surface area is 252 Å². The molecule has 4 heteroatoms. The number of thiophene rings is 1. The third kappa shape index (κ3) is 3.53. The molecule has 2 aromatic heterocycles. The number of anilines is 3. The maximum Gasteiger partial charge on any atom is 0.0991 e. The molecule has 0 aliphatic heterocycles. The molecule has 0 amide bonds. The fourth-order valence-corrected chi connectivity index (χ4v) is 7.83. The summed E-state index contributed by atoms with van der Waals surface area (Å²) < 4.78 is 4.93. The van der Waals surface area contributed by atoms with E-state index in [9.17, 15) is 5.26 Å². The summed E-state index contributed by atoms with van der Waals surface area (Å²) in [4.78, 5) is 2.34. The molecular formula is C39H23N3S. The summed E-state index contributed by atoms with van der Waals surface area (Å²) in [5, 5.41) is 17.0. The van der Waals surface area contributed by atoms with Gasteiger partial charge in [0.15, 0.2) is 0 Å². The van der Waals surface area contributed by atoms with Crippen LogP contribution in [0.15, 0.2) is 140 Å². The van der Waals surface area contributed by atoms with Gasteiger partial charge >= 0.3 is 0 Å². The first-order chi connectivity index (χ1) is 21.3. The van der Waals surface area contributed by atoms with Crippen molar-refractivity contribution in [1.82, 2.24) is 4.57 Å². The van der Waals surface area contributed by atoms with Crippen molar-refractivity contribution in [3.63, 3.8) is 0 Å². The molecule has 3 nitrogen and oxygen atoms in total. The zero-order chi connectivity index (χ0) is 28.5. The van der Waals surface area contributed by atoms with Crippen molar-refractivity contribution in [2.24, 2.45) is 0 Å². The zero-order valence-corrected chi connectivity index (χ0v) is 23.8. The first kappa shape index (κ1) is 24.0. The highest BCUT2D eigenvalue weighted by atomic mass is 32.1. The largest absolute Gasteiger partial charge is 0.310 e. The van der Waals surface area contributed by atoms with E-state index >= 15 is 0 Å². The second-order valence-electron chi connectivity index (χ2n) is 10.9. The van der Waals surface area contributed by atoms with E-state index in [1.54, 1.807) is 0 Å². The molecule has 0 N–H and O–H groups in total. The highest BCUT2D eigenvalue weighted by molar-refractivity contribution is 7.25. The lowest BCUT2D eigenvalue weighted by Gasteiger charge is -2.27. The molecule has 0 unspecified atom stereocenters. The summed E-state index contributed by atoms with van der Waals surface area (Å²) in [6.45, 7) is 0. The molecule has 2 heterocycles. The lowest BCUT2D eigenvalue weighted by molar-refractivity contribution is 1.18. The average molecular weight is 566 g/mol. The van der Waals surface area contributed by atoms with Crippen molar-refractivity contribution in [2.45, 2.75) is 0 Å². The van der Waals surface area contributed by atoms with Gasteiger partial charge in [0.05, 0.1) is 28.4 Å². The molecule has 0 saturated heterocycles. The SMILES string of the molecule is N#Cc1ccc(N(c2ccc3c(c2)sc2ccccc23)c2ccc3c4c2ccc2cccc(c24)n3-c2ccccc2)cc1. The van der Waals surface area contributed by atoms with Crippen LogP contribution in [-0.2, 0) is 0 Å². The topological polar surface area (TPSA) is 32.0 Å². The number of rotatable bonds is 4. The Morgan fingerprint density at radius 3 is 2.16 bits per heavy atom. The van der Waals surface area contributed by atoms with E-state index in [1.165, 1.54) is 52.8 Å². The molecule has 9 rings (SSSR count). The second-order valence-corrected chi connectivity index (χ2v) is 12.0. The number of para-hydroxylation sites is 1. The Balaban J connectivity index is 1.35. The maximum absolute atomic E-state index is 9.52. The van der Waals surface area contributed by atoms with Crippen LogP contribution in [0.4, 0.5) is 17.1 Å². The number of nitriles is 1. The van der Waals surface area contributed by atoms with E-state index in [0.717, 1.165) is 22.7 Å². The van der Waals surface area contributed by atoms with Gasteiger partial charge in [0.1, 0.15) is 0 Å². The molecule has 0 aliphatic rings. The van der Waals surface area contributed by atoms with Crippen LogP contribution < -0.4 is 4.90 Å². The Hall–Kier alpha value is -5.63. The second kappa shape index (κ2) is 9.19. The van der Waals surface area contributed by atoms with E-state index in [0.29, 0.717) is 5.56 Å². The highest BCUT2D eigenvalue weighted by Crippen LogP contribution is 2.47. The Morgan fingerprint density at radius 1 is 0.558 bits per heavy atom. The van der Waals surface area contributed by atoms with Gasteiger partial charge < -0.3 is 9.47 Å². The summed E-state index contributed by atoms with van der Waals surface area (Å²) >= 11 is 1.83. The first-order valence-electron chi connectivity index (χ1n) is 14.3. The van der Waals surface area contributed by atoms with Crippen LogP contribution >= 0.6 is 11.3 Å². The van der Waals surface area contributed by atoms with Crippen molar-refractivity contribution >= 4 is 81.1 Å². The number of hydrogen-bond acceptors (Lipinski definition) is 3. The summed E-state index contributed by atoms with van der Waals surface area (Å²) in [6.07, 6.45) is 0. The van der Waals surface area contributed by atoms with Crippen LogP contribution in [0.1, 0.15) is 5.56 Å².